The van der Waals surface area contributed by atoms with Gasteiger partial charge in [0.15, 0.2) is 0 Å². The fourth-order valence-electron chi connectivity index (χ4n) is 8.88. The number of para-hydroxylation sites is 1. The summed E-state index contributed by atoms with van der Waals surface area (Å²) in [6.07, 6.45) is 0. The Labute approximate surface area is 343 Å². The number of thiophene rings is 2. The minimum absolute atomic E-state index is 0.854. The molecule has 9 aromatic carbocycles. The molecule has 0 aliphatic heterocycles. The monoisotopic (exact) mass is 775 g/mol. The van der Waals surface area contributed by atoms with Crippen LogP contribution in [0.3, 0.4) is 0 Å². The summed E-state index contributed by atoms with van der Waals surface area (Å²) in [7, 11) is 0. The maximum atomic E-state index is 7.00. The first-order valence-corrected chi connectivity index (χ1v) is 21.2. The molecule has 0 aliphatic carbocycles. The van der Waals surface area contributed by atoms with Crippen molar-refractivity contribution in [3.63, 3.8) is 0 Å². The fourth-order valence-corrected chi connectivity index (χ4v) is 11.2. The quantitative estimate of drug-likeness (QED) is 0.167. The van der Waals surface area contributed by atoms with E-state index in [1.165, 1.54) is 51.5 Å². The zero-order valence-corrected chi connectivity index (χ0v) is 32.9. The number of hydrogen-bond acceptors (Lipinski definition) is 4. The topological polar surface area (TPSA) is 16.4 Å². The summed E-state index contributed by atoms with van der Waals surface area (Å²) in [5, 5.41) is 7.20. The number of anilines is 3. The van der Waals surface area contributed by atoms with E-state index < -0.39 is 0 Å². The van der Waals surface area contributed by atoms with Crippen molar-refractivity contribution in [1.29, 1.82) is 0 Å². The number of benzene rings is 9. The summed E-state index contributed by atoms with van der Waals surface area (Å²) < 4.78 is 12.1. The summed E-state index contributed by atoms with van der Waals surface area (Å²) in [5.74, 6) is 0. The van der Waals surface area contributed by atoms with E-state index in [0.29, 0.717) is 0 Å². The lowest BCUT2D eigenvalue weighted by atomic mass is 9.95. The van der Waals surface area contributed by atoms with Gasteiger partial charge < -0.3 is 9.32 Å². The van der Waals surface area contributed by atoms with Gasteiger partial charge in [0.25, 0.3) is 0 Å². The Morgan fingerprint density at radius 2 is 0.966 bits per heavy atom. The average molecular weight is 776 g/mol. The highest BCUT2D eigenvalue weighted by atomic mass is 32.1. The molecule has 2 nitrogen and oxygen atoms in total. The number of hydrogen-bond donors (Lipinski definition) is 0. The number of nitrogens with zero attached hydrogens (tertiary/aromatic N) is 1. The van der Waals surface area contributed by atoms with Gasteiger partial charge in [-0.2, -0.15) is 0 Å². The smallest absolute Gasteiger partial charge is 0.143 e. The highest BCUT2D eigenvalue weighted by Crippen LogP contribution is 2.54. The molecule has 4 heteroatoms. The predicted octanol–water partition coefficient (Wildman–Crippen LogP) is 16.8. The molecule has 0 saturated heterocycles. The van der Waals surface area contributed by atoms with Crippen molar-refractivity contribution in [2.75, 3.05) is 4.90 Å². The summed E-state index contributed by atoms with van der Waals surface area (Å²) in [6.45, 7) is 0. The summed E-state index contributed by atoms with van der Waals surface area (Å²) in [4.78, 5) is 2.54. The average Bonchev–Trinajstić information content (AvgIpc) is 3.99. The third kappa shape index (κ3) is 5.16. The van der Waals surface area contributed by atoms with E-state index in [1.54, 1.807) is 0 Å². The van der Waals surface area contributed by atoms with Gasteiger partial charge in [0.1, 0.15) is 11.2 Å². The van der Waals surface area contributed by atoms with Crippen LogP contribution in [0.5, 0.6) is 0 Å². The molecule has 0 aliphatic rings. The van der Waals surface area contributed by atoms with Gasteiger partial charge >= 0.3 is 0 Å². The van der Waals surface area contributed by atoms with Crippen LogP contribution in [0.2, 0.25) is 0 Å². The van der Waals surface area contributed by atoms with Gasteiger partial charge in [-0.1, -0.05) is 152 Å². The Balaban J connectivity index is 1.26. The molecule has 12 rings (SSSR count). The van der Waals surface area contributed by atoms with Crippen LogP contribution >= 0.6 is 22.7 Å². The first-order valence-electron chi connectivity index (χ1n) is 19.6. The van der Waals surface area contributed by atoms with E-state index in [0.717, 1.165) is 61.3 Å². The Hall–Kier alpha value is -6.98. The highest BCUT2D eigenvalue weighted by Gasteiger charge is 2.28. The van der Waals surface area contributed by atoms with E-state index in [-0.39, 0.29) is 0 Å². The van der Waals surface area contributed by atoms with Gasteiger partial charge in [-0.25, -0.2) is 0 Å². The predicted molar refractivity (Wildman–Crippen MR) is 250 cm³/mol. The van der Waals surface area contributed by atoms with Crippen LogP contribution in [0.1, 0.15) is 0 Å². The van der Waals surface area contributed by atoms with Crippen molar-refractivity contribution in [2.45, 2.75) is 0 Å². The van der Waals surface area contributed by atoms with Crippen LogP contribution in [0.25, 0.3) is 95.7 Å². The Morgan fingerprint density at radius 1 is 0.379 bits per heavy atom. The van der Waals surface area contributed by atoms with E-state index >= 15 is 0 Å². The molecule has 0 N–H and O–H groups in total. The Bertz CT molecular complexity index is 3510. The molecule has 272 valence electrons. The van der Waals surface area contributed by atoms with Gasteiger partial charge in [-0.3, -0.25) is 0 Å². The van der Waals surface area contributed by atoms with Gasteiger partial charge in [-0.15, -0.1) is 22.7 Å². The lowest BCUT2D eigenvalue weighted by Gasteiger charge is -2.30. The van der Waals surface area contributed by atoms with Gasteiger partial charge in [0, 0.05) is 62.5 Å². The molecule has 0 radical (unpaired) electrons. The standard InChI is InChI=1S/C54H33NOS2/c1-4-15-34(16-5-1)38-29-31-46-51(43-24-14-23-39(53(43)56-46)35-17-6-2-7-18-35)52(38)55(37-27-32-49-44(33-37)41-21-10-12-25-47(41)57-49)45-30-28-40(36-19-8-3-9-20-36)54-50(45)42-22-11-13-26-48(42)58-54/h1-33H. The zero-order valence-electron chi connectivity index (χ0n) is 31.2. The second kappa shape index (κ2) is 13.3. The maximum absolute atomic E-state index is 7.00. The molecular weight excluding hydrogens is 743 g/mol. The van der Waals surface area contributed by atoms with Crippen LogP contribution in [0.15, 0.2) is 205 Å². The third-order valence-corrected chi connectivity index (χ3v) is 13.8. The highest BCUT2D eigenvalue weighted by molar-refractivity contribution is 7.26. The summed E-state index contributed by atoms with van der Waals surface area (Å²) in [6, 6.07) is 72.6. The molecule has 0 amide bonds. The molecular formula is C54H33NOS2. The third-order valence-electron chi connectivity index (χ3n) is 11.5. The normalized spacial score (nSPS) is 11.8. The first kappa shape index (κ1) is 33.2. The molecule has 0 fully saturated rings. The van der Waals surface area contributed by atoms with E-state index in [2.05, 4.69) is 205 Å². The van der Waals surface area contributed by atoms with E-state index in [4.69, 9.17) is 4.42 Å². The molecule has 3 aromatic heterocycles. The van der Waals surface area contributed by atoms with Crippen molar-refractivity contribution in [3.8, 4) is 33.4 Å². The molecule has 0 atom stereocenters. The van der Waals surface area contributed by atoms with Crippen molar-refractivity contribution in [3.05, 3.63) is 200 Å². The van der Waals surface area contributed by atoms with Crippen LogP contribution < -0.4 is 4.90 Å². The molecule has 0 saturated carbocycles. The van der Waals surface area contributed by atoms with Crippen LogP contribution in [0, 0.1) is 0 Å². The molecule has 0 unspecified atom stereocenters. The molecule has 12 aromatic rings. The van der Waals surface area contributed by atoms with Gasteiger partial charge in [0.05, 0.1) is 16.8 Å². The largest absolute Gasteiger partial charge is 0.455 e. The zero-order chi connectivity index (χ0) is 38.2. The molecule has 3 heterocycles. The van der Waals surface area contributed by atoms with Crippen molar-refractivity contribution < 1.29 is 4.42 Å². The van der Waals surface area contributed by atoms with Crippen LogP contribution in [-0.4, -0.2) is 0 Å². The second-order valence-corrected chi connectivity index (χ2v) is 16.9. The minimum Gasteiger partial charge on any atom is -0.455 e. The Morgan fingerprint density at radius 3 is 1.71 bits per heavy atom. The van der Waals surface area contributed by atoms with Gasteiger partial charge in [0.2, 0.25) is 0 Å². The van der Waals surface area contributed by atoms with Crippen molar-refractivity contribution >= 4 is 102 Å². The summed E-state index contributed by atoms with van der Waals surface area (Å²) >= 11 is 3.73. The van der Waals surface area contributed by atoms with Crippen molar-refractivity contribution in [1.82, 2.24) is 0 Å². The fraction of sp³-hybridized carbons (Fsp3) is 0. The lowest BCUT2D eigenvalue weighted by Crippen LogP contribution is -2.12. The molecule has 0 spiro atoms. The lowest BCUT2D eigenvalue weighted by molar-refractivity contribution is 0.670. The summed E-state index contributed by atoms with van der Waals surface area (Å²) in [5.41, 5.74) is 12.0. The number of furan rings is 1. The van der Waals surface area contributed by atoms with E-state index in [9.17, 15) is 0 Å². The minimum atomic E-state index is 0.854. The molecule has 0 bridgehead atoms. The first-order chi connectivity index (χ1) is 28.8. The number of fused-ring (bicyclic) bond motifs is 9. The number of rotatable bonds is 6. The van der Waals surface area contributed by atoms with Gasteiger partial charge in [-0.05, 0) is 70.8 Å². The van der Waals surface area contributed by atoms with Crippen LogP contribution in [-0.2, 0) is 0 Å². The van der Waals surface area contributed by atoms with Crippen molar-refractivity contribution in [2.24, 2.45) is 0 Å². The second-order valence-electron chi connectivity index (χ2n) is 14.8. The SMILES string of the molecule is c1ccc(-c2ccc3oc4c(-c5ccccc5)cccc4c3c2N(c2ccc3sc4ccccc4c3c2)c2ccc(-c3ccccc3)c3sc4ccccc4c23)cc1. The molecule has 58 heavy (non-hydrogen) atoms. The Kier molecular flexibility index (Phi) is 7.62. The van der Waals surface area contributed by atoms with Crippen LogP contribution in [0.4, 0.5) is 17.1 Å². The maximum Gasteiger partial charge on any atom is 0.143 e. The van der Waals surface area contributed by atoms with E-state index in [1.807, 2.05) is 22.7 Å².